The predicted molar refractivity (Wildman–Crippen MR) is 138 cm³/mol. The average Bonchev–Trinajstić information content (AvgIpc) is 3.26. The van der Waals surface area contributed by atoms with E-state index >= 15 is 0 Å². The number of hydrogen-bond donors (Lipinski definition) is 2. The van der Waals surface area contributed by atoms with Crippen LogP contribution in [-0.4, -0.2) is 53.1 Å². The summed E-state index contributed by atoms with van der Waals surface area (Å²) >= 11 is 6.72. The van der Waals surface area contributed by atoms with Gasteiger partial charge in [0.1, 0.15) is 30.3 Å². The molecule has 3 N–H and O–H groups in total. The molecule has 1 aromatic carbocycles. The van der Waals surface area contributed by atoms with Crippen molar-refractivity contribution in [1.29, 1.82) is 0 Å². The molecule has 0 saturated carbocycles. The lowest BCUT2D eigenvalue weighted by Gasteiger charge is -2.30. The van der Waals surface area contributed by atoms with Crippen molar-refractivity contribution in [2.24, 2.45) is 0 Å². The number of alkyl halides is 1. The summed E-state index contributed by atoms with van der Waals surface area (Å²) < 4.78 is 20.0. The molecule has 9 nitrogen and oxygen atoms in total. The maximum absolute atomic E-state index is 13.9. The van der Waals surface area contributed by atoms with Gasteiger partial charge in [0.2, 0.25) is 0 Å². The minimum Gasteiger partial charge on any atom is -0.493 e. The van der Waals surface area contributed by atoms with Gasteiger partial charge in [0.15, 0.2) is 5.82 Å². The number of benzene rings is 1. The number of rotatable bonds is 7. The molecule has 3 aromatic rings. The summed E-state index contributed by atoms with van der Waals surface area (Å²) in [6.45, 7) is 5.49. The summed E-state index contributed by atoms with van der Waals surface area (Å²) in [7, 11) is 3.35. The molecular weight excluding hydrogens is 485 g/mol. The van der Waals surface area contributed by atoms with Crippen molar-refractivity contribution in [3.05, 3.63) is 58.1 Å². The van der Waals surface area contributed by atoms with Crippen molar-refractivity contribution in [2.45, 2.75) is 32.9 Å². The van der Waals surface area contributed by atoms with Gasteiger partial charge in [-0.2, -0.15) is 0 Å². The molecule has 2 unspecified atom stereocenters. The van der Waals surface area contributed by atoms with Crippen LogP contribution in [0.5, 0.6) is 5.75 Å². The van der Waals surface area contributed by atoms with E-state index in [-0.39, 0.29) is 17.8 Å². The van der Waals surface area contributed by atoms with Crippen LogP contribution in [0.25, 0.3) is 11.1 Å². The topological polar surface area (TPSA) is 110 Å². The first kappa shape index (κ1) is 25.6. The van der Waals surface area contributed by atoms with Gasteiger partial charge in [0.05, 0.1) is 24.3 Å². The molecule has 0 spiro atoms. The van der Waals surface area contributed by atoms with Gasteiger partial charge in [-0.05, 0) is 38.5 Å². The molecule has 0 aliphatic carbocycles. The highest BCUT2D eigenvalue weighted by atomic mass is 35.5. The van der Waals surface area contributed by atoms with E-state index in [1.807, 2.05) is 32.9 Å². The van der Waals surface area contributed by atoms with E-state index in [9.17, 15) is 9.18 Å². The lowest BCUT2D eigenvalue weighted by Crippen LogP contribution is -2.37. The minimum absolute atomic E-state index is 0.189. The summed E-state index contributed by atoms with van der Waals surface area (Å²) in [6, 6.07) is 4.33. The summed E-state index contributed by atoms with van der Waals surface area (Å²) in [6.07, 6.45) is 3.00. The van der Waals surface area contributed by atoms with Crippen LogP contribution in [0.15, 0.2) is 30.7 Å². The first-order valence-corrected chi connectivity index (χ1v) is 11.9. The molecule has 2 aromatic heterocycles. The van der Waals surface area contributed by atoms with Crippen LogP contribution in [0.3, 0.4) is 0 Å². The van der Waals surface area contributed by atoms with Gasteiger partial charge in [-0.1, -0.05) is 17.7 Å². The molecule has 2 atom stereocenters. The Morgan fingerprint density at radius 1 is 1.33 bits per heavy atom. The van der Waals surface area contributed by atoms with Crippen molar-refractivity contribution in [3.8, 4) is 16.9 Å². The quantitative estimate of drug-likeness (QED) is 0.482. The molecule has 1 aliphatic heterocycles. The second-order valence-electron chi connectivity index (χ2n) is 8.72. The van der Waals surface area contributed by atoms with E-state index < -0.39 is 12.7 Å². The van der Waals surface area contributed by atoms with E-state index in [2.05, 4.69) is 20.4 Å². The van der Waals surface area contributed by atoms with Crippen molar-refractivity contribution in [2.75, 3.05) is 38.1 Å². The van der Waals surface area contributed by atoms with Crippen molar-refractivity contribution in [3.63, 3.8) is 0 Å². The summed E-state index contributed by atoms with van der Waals surface area (Å²) in [5.41, 5.74) is 13.2. The van der Waals surface area contributed by atoms with Gasteiger partial charge in [-0.25, -0.2) is 19.8 Å². The Kier molecular flexibility index (Phi) is 7.28. The van der Waals surface area contributed by atoms with Crippen LogP contribution < -0.4 is 20.9 Å². The number of nitrogen functional groups attached to an aromatic ring is 1. The SMILES string of the molecule is CCOc1c(C(C)N2NC(CF)c3c(N)ncnc32)cc(Cl)c(C)c1-c1ccc(C(=O)N(C)C)nc1. The van der Waals surface area contributed by atoms with Crippen molar-refractivity contribution < 1.29 is 13.9 Å². The first-order valence-electron chi connectivity index (χ1n) is 11.5. The highest BCUT2D eigenvalue weighted by molar-refractivity contribution is 6.32. The molecular formula is C25H29ClFN7O2. The average molecular weight is 514 g/mol. The second kappa shape index (κ2) is 10.2. The number of carbonyl (C=O) groups is 1. The number of nitrogens with one attached hydrogen (secondary N) is 1. The predicted octanol–water partition coefficient (Wildman–Crippen LogP) is 4.28. The van der Waals surface area contributed by atoms with E-state index in [1.54, 1.807) is 31.4 Å². The highest BCUT2D eigenvalue weighted by Gasteiger charge is 2.36. The Balaban J connectivity index is 1.83. The van der Waals surface area contributed by atoms with E-state index in [0.29, 0.717) is 34.5 Å². The van der Waals surface area contributed by atoms with Crippen LogP contribution >= 0.6 is 11.6 Å². The maximum Gasteiger partial charge on any atom is 0.271 e. The van der Waals surface area contributed by atoms with Gasteiger partial charge in [0.25, 0.3) is 5.91 Å². The Bertz CT molecular complexity index is 1290. The Morgan fingerprint density at radius 3 is 2.69 bits per heavy atom. The molecule has 0 fully saturated rings. The number of hydrazine groups is 1. The number of amides is 1. The van der Waals surface area contributed by atoms with E-state index in [4.69, 9.17) is 22.1 Å². The minimum atomic E-state index is -0.671. The number of halogens is 2. The molecule has 0 bridgehead atoms. The number of anilines is 2. The molecule has 1 aliphatic rings. The number of pyridine rings is 1. The van der Waals surface area contributed by atoms with Crippen LogP contribution in [0.1, 0.15) is 53.1 Å². The second-order valence-corrected chi connectivity index (χ2v) is 9.13. The molecule has 190 valence electrons. The Labute approximate surface area is 214 Å². The number of carbonyl (C=O) groups excluding carboxylic acids is 1. The fourth-order valence-electron chi connectivity index (χ4n) is 4.36. The number of hydrogen-bond acceptors (Lipinski definition) is 8. The Morgan fingerprint density at radius 2 is 2.08 bits per heavy atom. The fourth-order valence-corrected chi connectivity index (χ4v) is 4.58. The largest absolute Gasteiger partial charge is 0.493 e. The highest BCUT2D eigenvalue weighted by Crippen LogP contribution is 2.46. The molecule has 3 heterocycles. The standard InChI is InChI=1S/C25H29ClFN7O2/c1-6-36-22-16(14(3)34-24-21(19(10-27)32-34)23(28)30-12-31-24)9-17(26)13(2)20(22)15-7-8-18(29-11-15)25(35)33(4)5/h7-9,11-12,14,19,32H,6,10H2,1-5H3,(H2,28,30,31). The van der Waals surface area contributed by atoms with Gasteiger partial charge >= 0.3 is 0 Å². The molecule has 0 radical (unpaired) electrons. The van der Waals surface area contributed by atoms with E-state index in [1.165, 1.54) is 11.2 Å². The lowest BCUT2D eigenvalue weighted by molar-refractivity contribution is 0.0822. The first-order chi connectivity index (χ1) is 17.2. The number of aromatic nitrogens is 3. The number of nitrogens with zero attached hydrogens (tertiary/aromatic N) is 5. The monoisotopic (exact) mass is 513 g/mol. The van der Waals surface area contributed by atoms with E-state index in [0.717, 1.165) is 22.3 Å². The summed E-state index contributed by atoms with van der Waals surface area (Å²) in [4.78, 5) is 26.6. The van der Waals surface area contributed by atoms with Crippen molar-refractivity contribution in [1.82, 2.24) is 25.3 Å². The normalized spacial score (nSPS) is 15.5. The van der Waals surface area contributed by atoms with Gasteiger partial charge in [-0.15, -0.1) is 0 Å². The number of nitrogens with two attached hydrogens (primary N) is 1. The summed E-state index contributed by atoms with van der Waals surface area (Å²) in [5, 5.41) is 2.30. The third-order valence-corrected chi connectivity index (χ3v) is 6.62. The zero-order valence-electron chi connectivity index (χ0n) is 20.8. The van der Waals surface area contributed by atoms with Gasteiger partial charge in [0, 0.05) is 42.0 Å². The van der Waals surface area contributed by atoms with Crippen LogP contribution in [-0.2, 0) is 0 Å². The third-order valence-electron chi connectivity index (χ3n) is 6.23. The smallest absolute Gasteiger partial charge is 0.271 e. The molecule has 0 saturated heterocycles. The zero-order valence-corrected chi connectivity index (χ0v) is 21.6. The van der Waals surface area contributed by atoms with Crippen molar-refractivity contribution >= 4 is 29.1 Å². The molecule has 11 heteroatoms. The molecule has 1 amide bonds. The molecule has 36 heavy (non-hydrogen) atoms. The maximum atomic E-state index is 13.9. The van der Waals surface area contributed by atoms with Crippen LogP contribution in [0.2, 0.25) is 5.02 Å². The molecule has 4 rings (SSSR count). The summed E-state index contributed by atoms with van der Waals surface area (Å²) in [5.74, 6) is 1.17. The third kappa shape index (κ3) is 4.42. The van der Waals surface area contributed by atoms with Crippen LogP contribution in [0.4, 0.5) is 16.0 Å². The lowest BCUT2D eigenvalue weighted by atomic mass is 9.94. The number of fused-ring (bicyclic) bond motifs is 1. The zero-order chi connectivity index (χ0) is 26.1. The van der Waals surface area contributed by atoms with Gasteiger partial charge < -0.3 is 15.4 Å². The fraction of sp³-hybridized carbons (Fsp3) is 0.360. The van der Waals surface area contributed by atoms with Gasteiger partial charge in [-0.3, -0.25) is 14.8 Å². The van der Waals surface area contributed by atoms with Crippen LogP contribution in [0, 0.1) is 6.92 Å². The Hall–Kier alpha value is -3.50. The number of ether oxygens (including phenoxy) is 1.